The number of hydrogen-bond acceptors (Lipinski definition) is 6. The number of morpholine rings is 1. The van der Waals surface area contributed by atoms with Crippen molar-refractivity contribution in [1.82, 2.24) is 10.3 Å². The first-order valence-electron chi connectivity index (χ1n) is 11.0. The Morgan fingerprint density at radius 1 is 1.19 bits per heavy atom. The molecular formula is C24H28N4O2S. The summed E-state index contributed by atoms with van der Waals surface area (Å²) < 4.78 is 6.05. The Morgan fingerprint density at radius 3 is 2.68 bits per heavy atom. The van der Waals surface area contributed by atoms with E-state index in [-0.39, 0.29) is 5.91 Å². The number of aryl methyl sites for hydroxylation is 1. The number of nitrogens with zero attached hydrogens (tertiary/aromatic N) is 2. The van der Waals surface area contributed by atoms with E-state index >= 15 is 0 Å². The molecule has 162 valence electrons. The van der Waals surface area contributed by atoms with E-state index in [9.17, 15) is 4.79 Å². The molecule has 4 heterocycles. The van der Waals surface area contributed by atoms with Crippen molar-refractivity contribution in [3.63, 3.8) is 0 Å². The van der Waals surface area contributed by atoms with E-state index < -0.39 is 0 Å². The Labute approximate surface area is 186 Å². The third kappa shape index (κ3) is 4.25. The number of carbonyl (C=O) groups excluding carboxylic acids is 1. The van der Waals surface area contributed by atoms with Gasteiger partial charge in [0, 0.05) is 36.4 Å². The van der Waals surface area contributed by atoms with Gasteiger partial charge >= 0.3 is 0 Å². The zero-order valence-corrected chi connectivity index (χ0v) is 18.6. The van der Waals surface area contributed by atoms with Crippen molar-refractivity contribution in [2.24, 2.45) is 0 Å². The first kappa shape index (κ1) is 20.3. The predicted molar refractivity (Wildman–Crippen MR) is 126 cm³/mol. The summed E-state index contributed by atoms with van der Waals surface area (Å²) >= 11 is 1.35. The van der Waals surface area contributed by atoms with Crippen LogP contribution in [0.4, 0.5) is 11.4 Å². The van der Waals surface area contributed by atoms with Crippen molar-refractivity contribution in [3.05, 3.63) is 52.5 Å². The maximum Gasteiger partial charge on any atom is 0.263 e. The Balaban J connectivity index is 1.17. The van der Waals surface area contributed by atoms with E-state index in [1.165, 1.54) is 41.9 Å². The van der Waals surface area contributed by atoms with Crippen LogP contribution in [0.3, 0.4) is 0 Å². The Kier molecular flexibility index (Phi) is 5.54. The van der Waals surface area contributed by atoms with Crippen LogP contribution in [0, 0.1) is 6.92 Å². The zero-order chi connectivity index (χ0) is 21.4. The number of ether oxygens (including phenoxy) is 1. The van der Waals surface area contributed by atoms with E-state index in [4.69, 9.17) is 10.5 Å². The van der Waals surface area contributed by atoms with Gasteiger partial charge in [-0.25, -0.2) is 4.98 Å². The molecule has 5 rings (SSSR count). The average Bonchev–Trinajstić information content (AvgIpc) is 3.09. The summed E-state index contributed by atoms with van der Waals surface area (Å²) in [7, 11) is 0. The second-order valence-electron chi connectivity index (χ2n) is 8.54. The van der Waals surface area contributed by atoms with Crippen molar-refractivity contribution in [2.75, 3.05) is 30.3 Å². The number of hydrogen-bond donors (Lipinski definition) is 2. The van der Waals surface area contributed by atoms with Crippen molar-refractivity contribution in [3.8, 4) is 0 Å². The number of carbonyl (C=O) groups is 1. The lowest BCUT2D eigenvalue weighted by Gasteiger charge is -2.42. The molecule has 2 bridgehead atoms. The maximum absolute atomic E-state index is 12.6. The molecule has 7 heteroatoms. The van der Waals surface area contributed by atoms with E-state index in [1.807, 2.05) is 19.1 Å². The summed E-state index contributed by atoms with van der Waals surface area (Å²) in [5.74, 6) is -0.130. The van der Waals surface area contributed by atoms with Crippen molar-refractivity contribution >= 4 is 38.8 Å². The molecule has 6 nitrogen and oxygen atoms in total. The van der Waals surface area contributed by atoms with Crippen LogP contribution in [0.1, 0.15) is 40.2 Å². The molecule has 2 unspecified atom stereocenters. The molecule has 0 radical (unpaired) electrons. The standard InChI is InChI=1S/C24H28N4O2S/c1-15-5-10-20-21(25)22(31-24(20)27-15)23(29)26-12-11-16-6-8-17(9-7-16)28-13-18-3-2-4-19(14-28)30-18/h5-10,18-19H,2-4,11-14,25H2,1H3,(H,26,29). The number of nitrogen functional groups attached to an aromatic ring is 1. The fourth-order valence-corrected chi connectivity index (χ4v) is 5.62. The third-order valence-corrected chi connectivity index (χ3v) is 7.34. The minimum absolute atomic E-state index is 0.130. The average molecular weight is 437 g/mol. The van der Waals surface area contributed by atoms with Crippen LogP contribution in [0.2, 0.25) is 0 Å². The molecule has 31 heavy (non-hydrogen) atoms. The number of nitrogens with one attached hydrogen (secondary N) is 1. The van der Waals surface area contributed by atoms with Crippen LogP contribution in [0.25, 0.3) is 10.2 Å². The van der Waals surface area contributed by atoms with E-state index in [2.05, 4.69) is 39.5 Å². The molecule has 2 aliphatic rings. The van der Waals surface area contributed by atoms with Crippen molar-refractivity contribution in [2.45, 2.75) is 44.8 Å². The number of nitrogens with two attached hydrogens (primary N) is 1. The molecule has 1 aromatic carbocycles. The highest BCUT2D eigenvalue weighted by Gasteiger charge is 2.31. The molecule has 2 atom stereocenters. The highest BCUT2D eigenvalue weighted by molar-refractivity contribution is 7.21. The van der Waals surface area contributed by atoms with E-state index in [0.717, 1.165) is 35.4 Å². The number of amides is 1. The minimum Gasteiger partial charge on any atom is -0.397 e. The molecule has 3 N–H and O–H groups in total. The molecule has 2 fully saturated rings. The molecule has 0 spiro atoms. The lowest BCUT2D eigenvalue weighted by Crippen LogP contribution is -2.50. The second-order valence-corrected chi connectivity index (χ2v) is 9.54. The van der Waals surface area contributed by atoms with Gasteiger partial charge in [-0.2, -0.15) is 0 Å². The number of benzene rings is 1. The summed E-state index contributed by atoms with van der Waals surface area (Å²) in [6.07, 6.45) is 5.17. The number of fused-ring (bicyclic) bond motifs is 3. The fraction of sp³-hybridized carbons (Fsp3) is 0.417. The normalized spacial score (nSPS) is 20.7. The lowest BCUT2D eigenvalue weighted by atomic mass is 9.99. The van der Waals surface area contributed by atoms with Gasteiger partial charge in [-0.05, 0) is 62.4 Å². The van der Waals surface area contributed by atoms with Gasteiger partial charge in [-0.15, -0.1) is 11.3 Å². The first-order valence-corrected chi connectivity index (χ1v) is 11.8. The molecule has 1 amide bonds. The van der Waals surface area contributed by atoms with Gasteiger partial charge in [0.05, 0.1) is 17.9 Å². The molecule has 2 aromatic heterocycles. The number of thiophene rings is 1. The SMILES string of the molecule is Cc1ccc2c(N)c(C(=O)NCCc3ccc(N4CC5CCCC(C4)O5)cc3)sc2n1. The second kappa shape index (κ2) is 8.48. The molecule has 2 aliphatic heterocycles. The Hall–Kier alpha value is -2.64. The van der Waals surface area contributed by atoms with Crippen molar-refractivity contribution < 1.29 is 9.53 Å². The van der Waals surface area contributed by atoms with E-state index in [1.54, 1.807) is 0 Å². The summed E-state index contributed by atoms with van der Waals surface area (Å²) in [5, 5.41) is 3.86. The van der Waals surface area contributed by atoms with Crippen LogP contribution in [0.5, 0.6) is 0 Å². The van der Waals surface area contributed by atoms with Crippen LogP contribution in [-0.4, -0.2) is 42.7 Å². The quantitative estimate of drug-likeness (QED) is 0.634. The van der Waals surface area contributed by atoms with Gasteiger partial charge in [0.15, 0.2) is 0 Å². The van der Waals surface area contributed by atoms with Gasteiger partial charge in [-0.3, -0.25) is 4.79 Å². The molecule has 3 aromatic rings. The molecule has 0 saturated carbocycles. The predicted octanol–water partition coefficient (Wildman–Crippen LogP) is 3.92. The minimum atomic E-state index is -0.130. The van der Waals surface area contributed by atoms with Gasteiger partial charge in [0.2, 0.25) is 0 Å². The van der Waals surface area contributed by atoms with Gasteiger partial charge in [0.25, 0.3) is 5.91 Å². The van der Waals surface area contributed by atoms with Gasteiger partial charge < -0.3 is 20.7 Å². The van der Waals surface area contributed by atoms with Crippen LogP contribution < -0.4 is 16.0 Å². The number of aromatic nitrogens is 1. The fourth-order valence-electron chi connectivity index (χ4n) is 4.56. The third-order valence-electron chi connectivity index (χ3n) is 6.23. The highest BCUT2D eigenvalue weighted by Crippen LogP contribution is 2.32. The molecule has 2 saturated heterocycles. The molecule has 0 aliphatic carbocycles. The lowest BCUT2D eigenvalue weighted by molar-refractivity contribution is -0.0605. The highest BCUT2D eigenvalue weighted by atomic mass is 32.1. The van der Waals surface area contributed by atoms with Gasteiger partial charge in [0.1, 0.15) is 9.71 Å². The first-order chi connectivity index (χ1) is 15.1. The molecular weight excluding hydrogens is 408 g/mol. The summed E-state index contributed by atoms with van der Waals surface area (Å²) in [6.45, 7) is 4.47. The van der Waals surface area contributed by atoms with E-state index in [0.29, 0.717) is 29.3 Å². The van der Waals surface area contributed by atoms with Crippen LogP contribution in [0.15, 0.2) is 36.4 Å². The Morgan fingerprint density at radius 2 is 1.94 bits per heavy atom. The largest absolute Gasteiger partial charge is 0.397 e. The number of rotatable bonds is 5. The topological polar surface area (TPSA) is 80.5 Å². The van der Waals surface area contributed by atoms with Gasteiger partial charge in [-0.1, -0.05) is 12.1 Å². The Bertz CT molecular complexity index is 1080. The van der Waals surface area contributed by atoms with Crippen LogP contribution in [-0.2, 0) is 11.2 Å². The smallest absolute Gasteiger partial charge is 0.263 e. The number of anilines is 2. The summed E-state index contributed by atoms with van der Waals surface area (Å²) in [6, 6.07) is 12.6. The monoisotopic (exact) mass is 436 g/mol. The number of pyridine rings is 1. The zero-order valence-electron chi connectivity index (χ0n) is 17.8. The summed E-state index contributed by atoms with van der Waals surface area (Å²) in [4.78, 5) is 20.9. The maximum atomic E-state index is 12.6. The van der Waals surface area contributed by atoms with Crippen LogP contribution >= 0.6 is 11.3 Å². The summed E-state index contributed by atoms with van der Waals surface area (Å²) in [5.41, 5.74) is 10.1. The van der Waals surface area contributed by atoms with Crippen molar-refractivity contribution in [1.29, 1.82) is 0 Å².